The third-order valence-corrected chi connectivity index (χ3v) is 3.00. The van der Waals surface area contributed by atoms with E-state index in [9.17, 15) is 0 Å². The zero-order chi connectivity index (χ0) is 13.0. The van der Waals surface area contributed by atoms with Gasteiger partial charge in [-0.05, 0) is 36.2 Å². The van der Waals surface area contributed by atoms with Crippen molar-refractivity contribution in [1.29, 1.82) is 5.26 Å². The summed E-state index contributed by atoms with van der Waals surface area (Å²) in [6.07, 6.45) is 0.936. The first-order valence-corrected chi connectivity index (χ1v) is 6.17. The number of nitrogens with zero attached hydrogens (tertiary/aromatic N) is 1. The predicted octanol–water partition coefficient (Wildman–Crippen LogP) is 4.52. The van der Waals surface area contributed by atoms with Crippen molar-refractivity contribution in [2.24, 2.45) is 0 Å². The summed E-state index contributed by atoms with van der Waals surface area (Å²) in [5.74, 6) is 0. The largest absolute Gasteiger partial charge is 0.354 e. The lowest BCUT2D eigenvalue weighted by atomic mass is 10.1. The van der Waals surface area contributed by atoms with Crippen LogP contribution in [0.15, 0.2) is 42.5 Å². The Balaban J connectivity index is 2.40. The van der Waals surface area contributed by atoms with E-state index < -0.39 is 0 Å². The smallest absolute Gasteiger partial charge is 0.101 e. The van der Waals surface area contributed by atoms with Crippen molar-refractivity contribution in [3.8, 4) is 6.07 Å². The van der Waals surface area contributed by atoms with Crippen molar-refractivity contribution in [1.82, 2.24) is 0 Å². The third kappa shape index (κ3) is 2.64. The number of hydrogen-bond acceptors (Lipinski definition) is 2. The lowest BCUT2D eigenvalue weighted by molar-refractivity contribution is 1.14. The molecule has 0 aliphatic carbocycles. The summed E-state index contributed by atoms with van der Waals surface area (Å²) in [6.45, 7) is 2.10. The monoisotopic (exact) mass is 256 g/mol. The number of benzene rings is 2. The third-order valence-electron chi connectivity index (χ3n) is 2.77. The average molecular weight is 257 g/mol. The Bertz CT molecular complexity index is 600. The van der Waals surface area contributed by atoms with Crippen LogP contribution in [-0.2, 0) is 6.42 Å². The van der Waals surface area contributed by atoms with Gasteiger partial charge in [-0.1, -0.05) is 36.7 Å². The molecule has 0 spiro atoms. The molecule has 0 atom stereocenters. The van der Waals surface area contributed by atoms with Crippen LogP contribution in [0.4, 0.5) is 11.4 Å². The number of hydrogen-bond donors (Lipinski definition) is 1. The zero-order valence-corrected chi connectivity index (χ0v) is 10.8. The molecule has 0 fully saturated rings. The summed E-state index contributed by atoms with van der Waals surface area (Å²) < 4.78 is 0. The highest BCUT2D eigenvalue weighted by Gasteiger charge is 2.05. The van der Waals surface area contributed by atoms with Gasteiger partial charge in [-0.3, -0.25) is 0 Å². The van der Waals surface area contributed by atoms with E-state index in [0.717, 1.165) is 17.8 Å². The lowest BCUT2D eigenvalue weighted by Crippen LogP contribution is -1.97. The van der Waals surface area contributed by atoms with Crippen LogP contribution in [0.3, 0.4) is 0 Å². The molecule has 2 aromatic rings. The van der Waals surface area contributed by atoms with Gasteiger partial charge in [0.15, 0.2) is 0 Å². The van der Waals surface area contributed by atoms with E-state index in [4.69, 9.17) is 16.9 Å². The fourth-order valence-corrected chi connectivity index (χ4v) is 1.99. The number of nitriles is 1. The van der Waals surface area contributed by atoms with Gasteiger partial charge in [0.25, 0.3) is 0 Å². The first-order valence-electron chi connectivity index (χ1n) is 5.79. The number of anilines is 2. The van der Waals surface area contributed by atoms with Gasteiger partial charge in [0, 0.05) is 10.7 Å². The van der Waals surface area contributed by atoms with Crippen LogP contribution in [0, 0.1) is 11.3 Å². The van der Waals surface area contributed by atoms with Gasteiger partial charge in [-0.25, -0.2) is 0 Å². The molecule has 0 aromatic heterocycles. The number of halogens is 1. The summed E-state index contributed by atoms with van der Waals surface area (Å²) in [6, 6.07) is 15.4. The Hall–Kier alpha value is -1.98. The summed E-state index contributed by atoms with van der Waals surface area (Å²) in [5, 5.41) is 13.0. The molecule has 0 heterocycles. The van der Waals surface area contributed by atoms with Crippen LogP contribution in [0.2, 0.25) is 5.02 Å². The van der Waals surface area contributed by atoms with Gasteiger partial charge in [0.2, 0.25) is 0 Å². The number of aryl methyl sites for hydroxylation is 1. The van der Waals surface area contributed by atoms with Gasteiger partial charge in [0.05, 0.1) is 11.3 Å². The number of nitrogens with one attached hydrogen (secondary N) is 1. The molecule has 90 valence electrons. The molecule has 0 saturated heterocycles. The van der Waals surface area contributed by atoms with Gasteiger partial charge >= 0.3 is 0 Å². The minimum Gasteiger partial charge on any atom is -0.354 e. The first-order chi connectivity index (χ1) is 8.74. The van der Waals surface area contributed by atoms with Crippen LogP contribution in [0.25, 0.3) is 0 Å². The topological polar surface area (TPSA) is 35.8 Å². The van der Waals surface area contributed by atoms with Crippen LogP contribution in [0.5, 0.6) is 0 Å². The fraction of sp³-hybridized carbons (Fsp3) is 0.133. The van der Waals surface area contributed by atoms with Crippen molar-refractivity contribution in [2.75, 3.05) is 5.32 Å². The van der Waals surface area contributed by atoms with Crippen LogP contribution < -0.4 is 5.32 Å². The van der Waals surface area contributed by atoms with E-state index in [1.807, 2.05) is 18.2 Å². The summed E-state index contributed by atoms with van der Waals surface area (Å²) in [7, 11) is 0. The van der Waals surface area contributed by atoms with Crippen LogP contribution in [0.1, 0.15) is 18.1 Å². The average Bonchev–Trinajstić information content (AvgIpc) is 2.40. The van der Waals surface area contributed by atoms with E-state index in [1.165, 1.54) is 5.56 Å². The van der Waals surface area contributed by atoms with Gasteiger partial charge in [-0.2, -0.15) is 5.26 Å². The highest BCUT2D eigenvalue weighted by Crippen LogP contribution is 2.26. The minimum absolute atomic E-state index is 0.588. The van der Waals surface area contributed by atoms with Gasteiger partial charge in [0.1, 0.15) is 6.07 Å². The highest BCUT2D eigenvalue weighted by molar-refractivity contribution is 6.30. The first kappa shape index (κ1) is 12.5. The molecule has 0 radical (unpaired) electrons. The molecule has 2 aromatic carbocycles. The highest BCUT2D eigenvalue weighted by atomic mass is 35.5. The van der Waals surface area contributed by atoms with Crippen molar-refractivity contribution in [2.45, 2.75) is 13.3 Å². The van der Waals surface area contributed by atoms with Crippen molar-refractivity contribution < 1.29 is 0 Å². The van der Waals surface area contributed by atoms with E-state index in [-0.39, 0.29) is 0 Å². The number of para-hydroxylation sites is 1. The molecule has 0 aliphatic rings. The molecule has 1 N–H and O–H groups in total. The molecule has 2 rings (SSSR count). The Morgan fingerprint density at radius 1 is 1.17 bits per heavy atom. The normalized spacial score (nSPS) is 9.83. The maximum absolute atomic E-state index is 9.08. The zero-order valence-electron chi connectivity index (χ0n) is 10.1. The molecule has 2 nitrogen and oxygen atoms in total. The summed E-state index contributed by atoms with van der Waals surface area (Å²) in [4.78, 5) is 0. The van der Waals surface area contributed by atoms with E-state index in [2.05, 4.69) is 24.4 Å². The second-order valence-corrected chi connectivity index (χ2v) is 4.37. The molecule has 0 bridgehead atoms. The van der Waals surface area contributed by atoms with Gasteiger partial charge < -0.3 is 5.32 Å². The van der Waals surface area contributed by atoms with Gasteiger partial charge in [-0.15, -0.1) is 0 Å². The van der Waals surface area contributed by atoms with Crippen molar-refractivity contribution in [3.05, 3.63) is 58.6 Å². The Kier molecular flexibility index (Phi) is 3.86. The van der Waals surface area contributed by atoms with E-state index in [0.29, 0.717) is 10.6 Å². The molecule has 0 saturated carbocycles. The Morgan fingerprint density at radius 3 is 2.67 bits per heavy atom. The van der Waals surface area contributed by atoms with Crippen molar-refractivity contribution in [3.63, 3.8) is 0 Å². The Labute approximate surface area is 112 Å². The minimum atomic E-state index is 0.588. The summed E-state index contributed by atoms with van der Waals surface area (Å²) in [5.41, 5.74) is 3.55. The molecule has 0 amide bonds. The van der Waals surface area contributed by atoms with Crippen LogP contribution in [-0.4, -0.2) is 0 Å². The van der Waals surface area contributed by atoms with E-state index >= 15 is 0 Å². The van der Waals surface area contributed by atoms with Crippen molar-refractivity contribution >= 4 is 23.0 Å². The fourth-order valence-electron chi connectivity index (χ4n) is 1.81. The SMILES string of the molecule is CCc1ccccc1Nc1cc(Cl)ccc1C#N. The Morgan fingerprint density at radius 2 is 1.94 bits per heavy atom. The maximum Gasteiger partial charge on any atom is 0.101 e. The quantitative estimate of drug-likeness (QED) is 0.877. The van der Waals surface area contributed by atoms with E-state index in [1.54, 1.807) is 18.2 Å². The predicted molar refractivity (Wildman–Crippen MR) is 75.3 cm³/mol. The molecule has 0 aliphatic heterocycles. The van der Waals surface area contributed by atoms with Crippen LogP contribution >= 0.6 is 11.6 Å². The lowest BCUT2D eigenvalue weighted by Gasteiger charge is -2.12. The number of rotatable bonds is 3. The second kappa shape index (κ2) is 5.57. The molecule has 0 unspecified atom stereocenters. The molecule has 18 heavy (non-hydrogen) atoms. The summed E-state index contributed by atoms with van der Waals surface area (Å²) >= 11 is 5.96. The molecular weight excluding hydrogens is 244 g/mol. The molecular formula is C15H13ClN2. The molecule has 3 heteroatoms. The standard InChI is InChI=1S/C15H13ClN2/c1-2-11-5-3-4-6-14(11)18-15-9-13(16)8-7-12(15)10-17/h3-9,18H,2H2,1H3. The second-order valence-electron chi connectivity index (χ2n) is 3.94. The maximum atomic E-state index is 9.08.